The molecule has 90 valence electrons. The molecule has 2 aromatic rings. The van der Waals surface area contributed by atoms with Crippen LogP contribution in [0.5, 0.6) is 5.75 Å². The lowest BCUT2D eigenvalue weighted by atomic mass is 9.95. The largest absolute Gasteiger partial charge is 0.507 e. The molecule has 0 bridgehead atoms. The van der Waals surface area contributed by atoms with Gasteiger partial charge in [0.1, 0.15) is 5.75 Å². The molecule has 0 radical (unpaired) electrons. The van der Waals surface area contributed by atoms with Gasteiger partial charge in [0.25, 0.3) is 11.8 Å². The van der Waals surface area contributed by atoms with Crippen molar-refractivity contribution in [2.24, 2.45) is 0 Å². The quantitative estimate of drug-likeness (QED) is 0.578. The van der Waals surface area contributed by atoms with E-state index in [1.165, 1.54) is 12.1 Å². The Kier molecular flexibility index (Phi) is 2.20. The Balaban J connectivity index is 2.57. The number of phenols is 1. The molecule has 0 aliphatic carbocycles. The molecule has 5 nitrogen and oxygen atoms in total. The van der Waals surface area contributed by atoms with Crippen LogP contribution in [0.1, 0.15) is 20.7 Å². The number of halogens is 1. The number of hydroxylamine groups is 2. The molecular formula is C12H6BrNO4. The van der Waals surface area contributed by atoms with Gasteiger partial charge in [-0.2, -0.15) is 0 Å². The summed E-state index contributed by atoms with van der Waals surface area (Å²) in [7, 11) is 0. The van der Waals surface area contributed by atoms with Crippen LogP contribution in [0.25, 0.3) is 10.8 Å². The maximum atomic E-state index is 11.8. The first kappa shape index (κ1) is 11.2. The van der Waals surface area contributed by atoms with Crippen LogP contribution in [-0.2, 0) is 0 Å². The number of imide groups is 1. The van der Waals surface area contributed by atoms with Crippen molar-refractivity contribution >= 4 is 38.5 Å². The van der Waals surface area contributed by atoms with Crippen LogP contribution < -0.4 is 0 Å². The zero-order valence-electron chi connectivity index (χ0n) is 8.85. The second-order valence-corrected chi connectivity index (χ2v) is 4.70. The van der Waals surface area contributed by atoms with Crippen molar-refractivity contribution in [3.63, 3.8) is 0 Å². The first-order valence-electron chi connectivity index (χ1n) is 5.04. The third-order valence-electron chi connectivity index (χ3n) is 2.92. The van der Waals surface area contributed by atoms with Crippen LogP contribution in [0.15, 0.2) is 28.7 Å². The van der Waals surface area contributed by atoms with Crippen molar-refractivity contribution in [3.05, 3.63) is 39.9 Å². The predicted molar refractivity (Wildman–Crippen MR) is 65.6 cm³/mol. The van der Waals surface area contributed by atoms with Crippen molar-refractivity contribution < 1.29 is 19.9 Å². The number of rotatable bonds is 0. The molecule has 0 unspecified atom stereocenters. The average molecular weight is 308 g/mol. The first-order chi connectivity index (χ1) is 8.52. The molecular weight excluding hydrogens is 302 g/mol. The van der Waals surface area contributed by atoms with E-state index in [-0.39, 0.29) is 21.9 Å². The van der Waals surface area contributed by atoms with E-state index in [0.717, 1.165) is 0 Å². The summed E-state index contributed by atoms with van der Waals surface area (Å²) < 4.78 is 0.412. The smallest absolute Gasteiger partial charge is 0.285 e. The Morgan fingerprint density at radius 1 is 1.11 bits per heavy atom. The van der Waals surface area contributed by atoms with E-state index in [0.29, 0.717) is 15.2 Å². The number of phenolic OH excluding ortho intramolecular Hbond substituents is 1. The molecule has 0 spiro atoms. The normalized spacial score (nSPS) is 14.4. The van der Waals surface area contributed by atoms with E-state index >= 15 is 0 Å². The minimum atomic E-state index is -0.841. The molecule has 0 saturated heterocycles. The molecule has 1 aliphatic rings. The number of aromatic hydroxyl groups is 1. The van der Waals surface area contributed by atoms with Gasteiger partial charge in [0.2, 0.25) is 0 Å². The van der Waals surface area contributed by atoms with Gasteiger partial charge in [-0.25, -0.2) is 0 Å². The van der Waals surface area contributed by atoms with Crippen LogP contribution in [0, 0.1) is 0 Å². The zero-order chi connectivity index (χ0) is 13.0. The number of hydrogen-bond acceptors (Lipinski definition) is 4. The molecule has 2 N–H and O–H groups in total. The van der Waals surface area contributed by atoms with Gasteiger partial charge in [-0.15, -0.1) is 5.06 Å². The molecule has 1 heterocycles. The molecule has 0 atom stereocenters. The number of amides is 2. The van der Waals surface area contributed by atoms with E-state index < -0.39 is 11.8 Å². The Labute approximate surface area is 109 Å². The van der Waals surface area contributed by atoms with Gasteiger partial charge in [-0.1, -0.05) is 12.1 Å². The molecule has 2 amide bonds. The molecule has 2 aromatic carbocycles. The minimum Gasteiger partial charge on any atom is -0.507 e. The Morgan fingerprint density at radius 3 is 2.50 bits per heavy atom. The second-order valence-electron chi connectivity index (χ2n) is 3.91. The minimum absolute atomic E-state index is 0.0600. The molecule has 6 heteroatoms. The third kappa shape index (κ3) is 1.24. The van der Waals surface area contributed by atoms with Crippen molar-refractivity contribution in [1.82, 2.24) is 5.06 Å². The fourth-order valence-electron chi connectivity index (χ4n) is 2.10. The number of nitrogens with zero attached hydrogens (tertiary/aromatic N) is 1. The summed E-state index contributed by atoms with van der Waals surface area (Å²) in [6.07, 6.45) is 0. The molecule has 0 aromatic heterocycles. The van der Waals surface area contributed by atoms with E-state index in [4.69, 9.17) is 0 Å². The van der Waals surface area contributed by atoms with E-state index in [1.807, 2.05) is 0 Å². The van der Waals surface area contributed by atoms with Crippen molar-refractivity contribution in [2.45, 2.75) is 0 Å². The van der Waals surface area contributed by atoms with Crippen LogP contribution >= 0.6 is 15.9 Å². The maximum absolute atomic E-state index is 11.8. The van der Waals surface area contributed by atoms with E-state index in [9.17, 15) is 19.9 Å². The third-order valence-corrected chi connectivity index (χ3v) is 3.76. The summed E-state index contributed by atoms with van der Waals surface area (Å²) in [6.45, 7) is 0. The molecule has 1 aliphatic heterocycles. The standard InChI is InChI=1S/C12H6BrNO4/c13-10-5-2-1-3-6-9(5)7(4-8(10)15)12(17)14(18)11(6)16/h1-4,15,18H. The van der Waals surface area contributed by atoms with E-state index in [2.05, 4.69) is 15.9 Å². The summed E-state index contributed by atoms with van der Waals surface area (Å²) >= 11 is 3.21. The van der Waals surface area contributed by atoms with Gasteiger partial charge >= 0.3 is 0 Å². The maximum Gasteiger partial charge on any atom is 0.285 e. The van der Waals surface area contributed by atoms with Crippen molar-refractivity contribution in [2.75, 3.05) is 0 Å². The van der Waals surface area contributed by atoms with Crippen LogP contribution in [0.4, 0.5) is 0 Å². The SMILES string of the molecule is O=C1c2cccc3c(Br)c(O)cc(c23)C(=O)N1O. The first-order valence-corrected chi connectivity index (χ1v) is 5.83. The van der Waals surface area contributed by atoms with Gasteiger partial charge in [-0.3, -0.25) is 14.8 Å². The fourth-order valence-corrected chi connectivity index (χ4v) is 2.55. The summed E-state index contributed by atoms with van der Waals surface area (Å²) in [5.74, 6) is -1.73. The highest BCUT2D eigenvalue weighted by Crippen LogP contribution is 2.39. The molecule has 18 heavy (non-hydrogen) atoms. The summed E-state index contributed by atoms with van der Waals surface area (Å²) in [4.78, 5) is 23.6. The Morgan fingerprint density at radius 2 is 1.78 bits per heavy atom. The number of hydrogen-bond donors (Lipinski definition) is 2. The fraction of sp³-hybridized carbons (Fsp3) is 0. The van der Waals surface area contributed by atoms with Crippen molar-refractivity contribution in [3.8, 4) is 5.75 Å². The van der Waals surface area contributed by atoms with Crippen LogP contribution in [-0.4, -0.2) is 27.2 Å². The highest BCUT2D eigenvalue weighted by atomic mass is 79.9. The molecule has 0 saturated carbocycles. The summed E-state index contributed by atoms with van der Waals surface area (Å²) in [5.41, 5.74) is 0.328. The Hall–Kier alpha value is -1.92. The van der Waals surface area contributed by atoms with Gasteiger partial charge in [-0.05, 0) is 28.1 Å². The zero-order valence-corrected chi connectivity index (χ0v) is 10.4. The second kappa shape index (κ2) is 3.54. The lowest BCUT2D eigenvalue weighted by Crippen LogP contribution is -2.37. The highest BCUT2D eigenvalue weighted by Gasteiger charge is 2.33. The number of carbonyl (C=O) groups excluding carboxylic acids is 2. The van der Waals surface area contributed by atoms with Crippen LogP contribution in [0.2, 0.25) is 0 Å². The van der Waals surface area contributed by atoms with Crippen molar-refractivity contribution in [1.29, 1.82) is 0 Å². The topological polar surface area (TPSA) is 77.8 Å². The van der Waals surface area contributed by atoms with Gasteiger partial charge in [0.15, 0.2) is 0 Å². The highest BCUT2D eigenvalue weighted by molar-refractivity contribution is 9.10. The lowest BCUT2D eigenvalue weighted by molar-refractivity contribution is -0.0377. The van der Waals surface area contributed by atoms with E-state index in [1.54, 1.807) is 12.1 Å². The van der Waals surface area contributed by atoms with Gasteiger partial charge in [0.05, 0.1) is 15.6 Å². The molecule has 0 fully saturated rings. The number of benzene rings is 2. The summed E-state index contributed by atoms with van der Waals surface area (Å²) in [6, 6.07) is 6.05. The predicted octanol–water partition coefficient (Wildman–Crippen LogP) is 2.29. The van der Waals surface area contributed by atoms with Gasteiger partial charge < -0.3 is 5.11 Å². The average Bonchev–Trinajstić information content (AvgIpc) is 2.38. The molecule has 3 rings (SSSR count). The summed E-state index contributed by atoms with van der Waals surface area (Å²) in [5, 5.41) is 20.2. The lowest BCUT2D eigenvalue weighted by Gasteiger charge is -2.22. The van der Waals surface area contributed by atoms with Crippen LogP contribution in [0.3, 0.4) is 0 Å². The Bertz CT molecular complexity index is 726. The number of carbonyl (C=O) groups is 2. The monoisotopic (exact) mass is 307 g/mol. The van der Waals surface area contributed by atoms with Gasteiger partial charge in [0, 0.05) is 10.8 Å².